The molecule has 1 aliphatic heterocycles. The number of nitrogens with zero attached hydrogens (tertiary/aromatic N) is 3. The molecule has 1 aromatic carbocycles. The van der Waals surface area contributed by atoms with Gasteiger partial charge in [0.05, 0.1) is 5.41 Å². The molecule has 5 nitrogen and oxygen atoms in total. The summed E-state index contributed by atoms with van der Waals surface area (Å²) in [5.41, 5.74) is 2.35. The Morgan fingerprint density at radius 3 is 2.65 bits per heavy atom. The third kappa shape index (κ3) is 3.30. The number of carbonyl (C=O) groups is 1. The fourth-order valence-electron chi connectivity index (χ4n) is 4.26. The van der Waals surface area contributed by atoms with Crippen LogP contribution in [0.1, 0.15) is 36.7 Å². The lowest BCUT2D eigenvalue weighted by molar-refractivity contribution is -0.131. The van der Waals surface area contributed by atoms with Gasteiger partial charge < -0.3 is 10.2 Å². The van der Waals surface area contributed by atoms with Gasteiger partial charge in [0, 0.05) is 25.3 Å². The Labute approximate surface area is 154 Å². The van der Waals surface area contributed by atoms with Gasteiger partial charge in [-0.25, -0.2) is 9.97 Å². The Morgan fingerprint density at radius 2 is 1.96 bits per heavy atom. The topological polar surface area (TPSA) is 58.1 Å². The maximum atomic E-state index is 13.1. The first-order valence-corrected chi connectivity index (χ1v) is 9.46. The first-order chi connectivity index (χ1) is 12.5. The van der Waals surface area contributed by atoms with Crippen molar-refractivity contribution in [3.63, 3.8) is 0 Å². The smallest absolute Gasteiger partial charge is 0.227 e. The van der Waals surface area contributed by atoms with Crippen molar-refractivity contribution in [1.29, 1.82) is 0 Å². The highest BCUT2D eigenvalue weighted by molar-refractivity contribution is 5.83. The van der Waals surface area contributed by atoms with Gasteiger partial charge in [-0.05, 0) is 56.7 Å². The first kappa shape index (κ1) is 17.0. The van der Waals surface area contributed by atoms with E-state index in [1.165, 1.54) is 11.1 Å². The average molecular weight is 350 g/mol. The summed E-state index contributed by atoms with van der Waals surface area (Å²) >= 11 is 0. The van der Waals surface area contributed by atoms with E-state index in [1.54, 1.807) is 6.20 Å². The first-order valence-electron chi connectivity index (χ1n) is 9.46. The molecule has 26 heavy (non-hydrogen) atoms. The fourth-order valence-corrected chi connectivity index (χ4v) is 4.26. The second-order valence-electron chi connectivity index (χ2n) is 7.90. The van der Waals surface area contributed by atoms with Crippen molar-refractivity contribution in [3.05, 3.63) is 53.5 Å². The van der Waals surface area contributed by atoms with E-state index in [-0.39, 0.29) is 17.4 Å². The molecule has 1 aromatic heterocycles. The largest absolute Gasteiger partial charge is 0.355 e. The quantitative estimate of drug-likeness (QED) is 0.925. The van der Waals surface area contributed by atoms with Gasteiger partial charge in [-0.2, -0.15) is 0 Å². The summed E-state index contributed by atoms with van der Waals surface area (Å²) in [5.74, 6) is 1.86. The van der Waals surface area contributed by atoms with Crippen LogP contribution in [0.3, 0.4) is 0 Å². The zero-order chi connectivity index (χ0) is 18.1. The summed E-state index contributed by atoms with van der Waals surface area (Å²) in [7, 11) is 0. The van der Waals surface area contributed by atoms with Crippen LogP contribution >= 0.6 is 0 Å². The Hall–Kier alpha value is -2.43. The molecular formula is C21H26N4O. The minimum absolute atomic E-state index is 0.172. The Balaban J connectivity index is 1.44. The standard InChI is InChI=1S/C21H26N4O/c1-15-22-10-8-19(23-15)25-11-5-9-21(2,14-25)20(26)24-18-12-16-6-3-4-7-17(16)13-18/h3-4,6-8,10,18H,5,9,11-14H2,1-2H3,(H,24,26). The molecule has 4 rings (SSSR count). The van der Waals surface area contributed by atoms with Crippen LogP contribution < -0.4 is 10.2 Å². The Kier molecular flexibility index (Phi) is 4.39. The summed E-state index contributed by atoms with van der Waals surface area (Å²) in [6.45, 7) is 5.63. The van der Waals surface area contributed by atoms with Crippen LogP contribution in [0.2, 0.25) is 0 Å². The molecule has 136 valence electrons. The summed E-state index contributed by atoms with van der Waals surface area (Å²) in [4.78, 5) is 24.0. The third-order valence-corrected chi connectivity index (χ3v) is 5.72. The zero-order valence-corrected chi connectivity index (χ0v) is 15.5. The van der Waals surface area contributed by atoms with Crippen molar-refractivity contribution in [1.82, 2.24) is 15.3 Å². The monoisotopic (exact) mass is 350 g/mol. The molecule has 1 amide bonds. The van der Waals surface area contributed by atoms with Crippen LogP contribution in [0.5, 0.6) is 0 Å². The van der Waals surface area contributed by atoms with E-state index < -0.39 is 0 Å². The number of benzene rings is 1. The lowest BCUT2D eigenvalue weighted by atomic mass is 9.80. The lowest BCUT2D eigenvalue weighted by Gasteiger charge is -2.40. The van der Waals surface area contributed by atoms with Crippen LogP contribution in [0.4, 0.5) is 5.82 Å². The van der Waals surface area contributed by atoms with Gasteiger partial charge in [0.25, 0.3) is 0 Å². The van der Waals surface area contributed by atoms with E-state index in [9.17, 15) is 4.79 Å². The average Bonchev–Trinajstić information content (AvgIpc) is 3.04. The number of nitrogens with one attached hydrogen (secondary N) is 1. The van der Waals surface area contributed by atoms with Crippen molar-refractivity contribution in [2.24, 2.45) is 5.41 Å². The molecule has 0 spiro atoms. The number of fused-ring (bicyclic) bond motifs is 1. The van der Waals surface area contributed by atoms with Crippen molar-refractivity contribution in [3.8, 4) is 0 Å². The van der Waals surface area contributed by atoms with Crippen LogP contribution in [-0.2, 0) is 17.6 Å². The molecule has 1 unspecified atom stereocenters. The molecule has 1 atom stereocenters. The van der Waals surface area contributed by atoms with Gasteiger partial charge in [-0.1, -0.05) is 24.3 Å². The summed E-state index contributed by atoms with van der Waals surface area (Å²) < 4.78 is 0. The van der Waals surface area contributed by atoms with Crippen molar-refractivity contribution >= 4 is 11.7 Å². The van der Waals surface area contributed by atoms with Gasteiger partial charge >= 0.3 is 0 Å². The normalized spacial score (nSPS) is 22.9. The van der Waals surface area contributed by atoms with E-state index in [1.807, 2.05) is 13.0 Å². The van der Waals surface area contributed by atoms with E-state index >= 15 is 0 Å². The molecule has 0 saturated carbocycles. The van der Waals surface area contributed by atoms with Gasteiger partial charge in [-0.15, -0.1) is 0 Å². The number of hydrogen-bond acceptors (Lipinski definition) is 4. The molecule has 1 fully saturated rings. The molecule has 2 aromatic rings. The molecular weight excluding hydrogens is 324 g/mol. The summed E-state index contributed by atoms with van der Waals surface area (Å²) in [6.07, 6.45) is 5.58. The van der Waals surface area contributed by atoms with Crippen LogP contribution in [-0.4, -0.2) is 35.0 Å². The number of piperidine rings is 1. The van der Waals surface area contributed by atoms with Crippen LogP contribution in [0.15, 0.2) is 36.5 Å². The molecule has 0 radical (unpaired) electrons. The second kappa shape index (κ2) is 6.71. The number of hydrogen-bond donors (Lipinski definition) is 1. The number of carbonyl (C=O) groups excluding carboxylic acids is 1. The number of amides is 1. The van der Waals surface area contributed by atoms with Crippen molar-refractivity contribution in [2.45, 2.75) is 45.6 Å². The molecule has 5 heteroatoms. The minimum atomic E-state index is -0.383. The SMILES string of the molecule is Cc1nccc(N2CCCC(C)(C(=O)NC3Cc4ccccc4C3)C2)n1. The number of anilines is 1. The Morgan fingerprint density at radius 1 is 1.23 bits per heavy atom. The van der Waals surface area contributed by atoms with Gasteiger partial charge in [-0.3, -0.25) is 4.79 Å². The lowest BCUT2D eigenvalue weighted by Crippen LogP contribution is -2.52. The number of rotatable bonds is 3. The number of aryl methyl sites for hydroxylation is 1. The van der Waals surface area contributed by atoms with Gasteiger partial charge in [0.15, 0.2) is 0 Å². The zero-order valence-electron chi connectivity index (χ0n) is 15.5. The number of aromatic nitrogens is 2. The predicted octanol–water partition coefficient (Wildman–Crippen LogP) is 2.68. The highest BCUT2D eigenvalue weighted by Gasteiger charge is 2.39. The van der Waals surface area contributed by atoms with Gasteiger partial charge in [0.1, 0.15) is 11.6 Å². The second-order valence-corrected chi connectivity index (χ2v) is 7.90. The molecule has 1 aliphatic carbocycles. The third-order valence-electron chi connectivity index (χ3n) is 5.72. The molecule has 1 saturated heterocycles. The highest BCUT2D eigenvalue weighted by Crippen LogP contribution is 2.32. The Bertz CT molecular complexity index is 796. The summed E-state index contributed by atoms with van der Waals surface area (Å²) in [6, 6.07) is 10.6. The van der Waals surface area contributed by atoms with Gasteiger partial charge in [0.2, 0.25) is 5.91 Å². The maximum absolute atomic E-state index is 13.1. The van der Waals surface area contributed by atoms with Crippen LogP contribution in [0, 0.1) is 12.3 Å². The molecule has 0 bridgehead atoms. The fraction of sp³-hybridized carbons (Fsp3) is 0.476. The van der Waals surface area contributed by atoms with E-state index in [0.717, 1.165) is 43.9 Å². The predicted molar refractivity (Wildman–Crippen MR) is 102 cm³/mol. The minimum Gasteiger partial charge on any atom is -0.355 e. The van der Waals surface area contributed by atoms with Crippen LogP contribution in [0.25, 0.3) is 0 Å². The molecule has 1 N–H and O–H groups in total. The molecule has 2 aliphatic rings. The van der Waals surface area contributed by atoms with Crippen molar-refractivity contribution in [2.75, 3.05) is 18.0 Å². The van der Waals surface area contributed by atoms with E-state index in [0.29, 0.717) is 6.54 Å². The highest BCUT2D eigenvalue weighted by atomic mass is 16.2. The molecule has 2 heterocycles. The van der Waals surface area contributed by atoms with E-state index in [2.05, 4.69) is 51.4 Å². The summed E-state index contributed by atoms with van der Waals surface area (Å²) in [5, 5.41) is 3.32. The van der Waals surface area contributed by atoms with Crippen molar-refractivity contribution < 1.29 is 4.79 Å². The maximum Gasteiger partial charge on any atom is 0.227 e. The van der Waals surface area contributed by atoms with E-state index in [4.69, 9.17) is 0 Å².